The van der Waals surface area contributed by atoms with Gasteiger partial charge in [0.25, 0.3) is 0 Å². The van der Waals surface area contributed by atoms with Gasteiger partial charge in [0.15, 0.2) is 0 Å². The molecule has 0 bridgehead atoms. The molecule has 0 fully saturated rings. The molecule has 0 aliphatic heterocycles. The monoisotopic (exact) mass is 314 g/mol. The smallest absolute Gasteiger partial charge is 1.00 e. The van der Waals surface area contributed by atoms with E-state index in [1.165, 1.54) is 0 Å². The summed E-state index contributed by atoms with van der Waals surface area (Å²) in [5.74, 6) is 0. The van der Waals surface area contributed by atoms with Gasteiger partial charge in [-0.25, -0.2) is 0 Å². The van der Waals surface area contributed by atoms with E-state index in [1.807, 2.05) is 0 Å². The maximum absolute atomic E-state index is 8.58. The zero-order valence-electron chi connectivity index (χ0n) is 8.74. The summed E-state index contributed by atoms with van der Waals surface area (Å²) in [5.41, 5.74) is 0. The summed E-state index contributed by atoms with van der Waals surface area (Å²) in [6, 6.07) is 0. The summed E-state index contributed by atoms with van der Waals surface area (Å²) >= 11 is 0. The van der Waals surface area contributed by atoms with Crippen LogP contribution in [0.1, 0.15) is 0 Å². The van der Waals surface area contributed by atoms with Crippen molar-refractivity contribution in [2.75, 3.05) is 0 Å². The number of rotatable bonds is 0. The van der Waals surface area contributed by atoms with Crippen molar-refractivity contribution in [2.45, 2.75) is 0 Å². The molecule has 0 amide bonds. The van der Waals surface area contributed by atoms with Crippen molar-refractivity contribution in [1.82, 2.24) is 0 Å². The minimum atomic E-state index is -6.17. The van der Waals surface area contributed by atoms with Gasteiger partial charge in [-0.1, -0.05) is 0 Å². The zero-order chi connectivity index (χ0) is 10.7. The van der Waals surface area contributed by atoms with Crippen LogP contribution in [-0.4, -0.2) is 23.1 Å². The van der Waals surface area contributed by atoms with Gasteiger partial charge in [-0.2, -0.15) is 0 Å². The van der Waals surface area contributed by atoms with Crippen LogP contribution >= 0.6 is 0 Å². The number of nitriles is 6. The van der Waals surface area contributed by atoms with E-state index in [9.17, 15) is 0 Å². The summed E-state index contributed by atoms with van der Waals surface area (Å²) in [4.78, 5) is 6.19. The molecule has 0 aromatic rings. The number of nitrogens with zero attached hydrogens (tertiary/aromatic N) is 6. The second kappa shape index (κ2) is 7.83. The number of hydrogen-bond donors (Lipinski definition) is 0. The average molecular weight is 314 g/mol. The summed E-state index contributed by atoms with van der Waals surface area (Å²) in [7, 11) is -6.17. The largest absolute Gasteiger partial charge is 2.00 e. The van der Waals surface area contributed by atoms with E-state index in [4.69, 9.17) is 31.6 Å². The maximum Gasteiger partial charge on any atom is 2.00 e. The molecule has 0 atom stereocenters. The standard InChI is InChI=1S/6CN.Fe.2K.Mg/c6*1-2;;;;/q;;;;;;-4;2*+1;+2. The molecular weight excluding hydrogens is 314 g/mol. The molecule has 0 aliphatic carbocycles. The van der Waals surface area contributed by atoms with Crippen molar-refractivity contribution in [2.24, 2.45) is 0 Å². The first-order chi connectivity index (χ1) is 5.97. The Morgan fingerprint density at radius 3 is 0.625 bits per heavy atom. The molecule has 0 aromatic carbocycles. The van der Waals surface area contributed by atoms with E-state index < -0.39 is 10.7 Å². The van der Waals surface area contributed by atoms with Crippen LogP contribution in [0.25, 0.3) is 0 Å². The van der Waals surface area contributed by atoms with E-state index in [-0.39, 0.29) is 126 Å². The molecule has 0 aromatic heterocycles. The molecule has 66 valence electrons. The molecule has 10 heteroatoms. The molecule has 6 nitrogen and oxygen atoms in total. The maximum atomic E-state index is 8.58. The Bertz CT molecular complexity index is 401. The first-order valence-corrected chi connectivity index (χ1v) is 5.71. The molecule has 0 heterocycles. The van der Waals surface area contributed by atoms with Crippen molar-refractivity contribution >= 4 is 23.1 Å². The Morgan fingerprint density at radius 2 is 0.625 bits per heavy atom. The quantitative estimate of drug-likeness (QED) is 0.407. The third kappa shape index (κ3) is 3.28. The Kier molecular flexibility index (Phi) is 12.8. The summed E-state index contributed by atoms with van der Waals surface area (Å²) in [6.07, 6.45) is 0. The van der Waals surface area contributed by atoms with Crippen molar-refractivity contribution in [3.63, 3.8) is 0 Å². The van der Waals surface area contributed by atoms with Gasteiger partial charge >= 0.3 is 198 Å². The zero-order valence-corrected chi connectivity index (χ0v) is 17.5. The van der Waals surface area contributed by atoms with Gasteiger partial charge in [0.2, 0.25) is 0 Å². The van der Waals surface area contributed by atoms with Gasteiger partial charge in [-0.3, -0.25) is 0 Å². The Balaban J connectivity index is -0.000000240. The number of hydrogen-bond acceptors (Lipinski definition) is 6. The van der Waals surface area contributed by atoms with Crippen LogP contribution < -0.4 is 103 Å². The van der Waals surface area contributed by atoms with Gasteiger partial charge in [-0.15, -0.1) is 0 Å². The summed E-state index contributed by atoms with van der Waals surface area (Å²) < 4.78 is 0. The molecule has 0 N–H and O–H groups in total. The summed E-state index contributed by atoms with van der Waals surface area (Å²) in [6.45, 7) is 0. The van der Waals surface area contributed by atoms with E-state index in [0.717, 1.165) is 29.8 Å². The Labute approximate surface area is 193 Å². The fourth-order valence-corrected chi connectivity index (χ4v) is 1.09. The van der Waals surface area contributed by atoms with Crippen molar-refractivity contribution < 1.29 is 114 Å². The van der Waals surface area contributed by atoms with Gasteiger partial charge in [0, 0.05) is 0 Å². The first-order valence-electron chi connectivity index (χ1n) is 2.40. The Hall–Kier alpha value is 1.50. The summed E-state index contributed by atoms with van der Waals surface area (Å²) in [5, 5.41) is 51.5. The first kappa shape index (κ1) is 26.1. The van der Waals surface area contributed by atoms with Crippen LogP contribution in [0.5, 0.6) is 0 Å². The van der Waals surface area contributed by atoms with Gasteiger partial charge < -0.3 is 0 Å². The van der Waals surface area contributed by atoms with E-state index in [2.05, 4.69) is 0 Å². The fourth-order valence-electron chi connectivity index (χ4n) is 0.265. The van der Waals surface area contributed by atoms with Gasteiger partial charge in [-0.05, 0) is 0 Å². The third-order valence-electron chi connectivity index (χ3n) is 1.19. The SMILES string of the molecule is N#[C][Fe-4]([C]#N)([C]#N)([C]#N)([C]#N)[C]#N.[K+].[K+].[Mg+2]. The second-order valence-corrected chi connectivity index (χ2v) is 7.42. The minimum Gasteiger partial charge on any atom is 1.00 e. The van der Waals surface area contributed by atoms with E-state index in [0.29, 0.717) is 0 Å². The van der Waals surface area contributed by atoms with Gasteiger partial charge in [0.05, 0.1) is 0 Å². The van der Waals surface area contributed by atoms with Crippen LogP contribution in [0.2, 0.25) is 0 Å². The molecule has 0 radical (unpaired) electrons. The molecular formula is C6FeK2MgN6. The molecule has 0 saturated carbocycles. The average Bonchev–Trinajstić information content (AvgIpc) is 2.26. The predicted octanol–water partition coefficient (Wildman–Crippen LogP) is -6.27. The third-order valence-corrected chi connectivity index (χ3v) is 4.89. The normalized spacial score (nSPS) is 10.9. The van der Waals surface area contributed by atoms with Crippen LogP contribution in [0.15, 0.2) is 0 Å². The molecule has 0 spiro atoms. The Morgan fingerprint density at radius 1 is 0.500 bits per heavy atom. The van der Waals surface area contributed by atoms with Crippen molar-refractivity contribution in [3.8, 4) is 29.8 Å². The predicted molar refractivity (Wildman–Crippen MR) is 39.4 cm³/mol. The molecule has 0 rings (SSSR count). The minimum absolute atomic E-state index is 0. The van der Waals surface area contributed by atoms with Crippen LogP contribution in [0.4, 0.5) is 0 Å². The molecule has 0 saturated heterocycles. The van der Waals surface area contributed by atoms with E-state index >= 15 is 0 Å². The second-order valence-electron chi connectivity index (χ2n) is 1.80. The molecule has 0 unspecified atom stereocenters. The van der Waals surface area contributed by atoms with Crippen LogP contribution in [-0.2, 0) is 10.7 Å². The topological polar surface area (TPSA) is 143 Å². The fraction of sp³-hybridized carbons (Fsp3) is 0. The van der Waals surface area contributed by atoms with Crippen molar-refractivity contribution in [3.05, 3.63) is 0 Å². The van der Waals surface area contributed by atoms with Gasteiger partial charge in [0.1, 0.15) is 0 Å². The molecule has 0 aliphatic rings. The molecule has 16 heavy (non-hydrogen) atoms. The van der Waals surface area contributed by atoms with Crippen LogP contribution in [0, 0.1) is 61.4 Å². The van der Waals surface area contributed by atoms with Crippen LogP contribution in [0.3, 0.4) is 0 Å². The van der Waals surface area contributed by atoms with E-state index in [1.54, 1.807) is 0 Å². The van der Waals surface area contributed by atoms with Crippen molar-refractivity contribution in [1.29, 1.82) is 31.6 Å².